The molecular weight excluding hydrogens is 1050 g/mol. The summed E-state index contributed by atoms with van der Waals surface area (Å²) >= 11 is 5.93. The Morgan fingerprint density at radius 1 is 0.325 bits per heavy atom. The van der Waals surface area contributed by atoms with Gasteiger partial charge in [-0.25, -0.2) is 52.3 Å². The first kappa shape index (κ1) is 60.2. The Bertz CT molecular complexity index is 1930. The number of hydrogen-bond acceptors (Lipinski definition) is 25. The van der Waals surface area contributed by atoms with Gasteiger partial charge in [0.05, 0.1) is 0 Å². The van der Waals surface area contributed by atoms with Gasteiger partial charge in [0.1, 0.15) is 69.7 Å². The molecule has 0 spiro atoms. The molecule has 0 aromatic rings. The average Bonchev–Trinajstić information content (AvgIpc) is 4.31. The molecule has 5 saturated heterocycles. The Kier molecular flexibility index (Phi) is 24.5. The van der Waals surface area contributed by atoms with E-state index in [1.165, 1.54) is 19.3 Å². The Morgan fingerprint density at radius 3 is 0.766 bits per heavy atom. The molecule has 10 fully saturated rings. The van der Waals surface area contributed by atoms with E-state index >= 15 is 0 Å². The van der Waals surface area contributed by atoms with Gasteiger partial charge in [-0.3, -0.25) is 0 Å². The first-order valence-corrected chi connectivity index (χ1v) is 27.0. The highest BCUT2D eigenvalue weighted by atomic mass is 35.5. The molecule has 432 valence electrons. The third-order valence-electron chi connectivity index (χ3n) is 13.5. The summed E-state index contributed by atoms with van der Waals surface area (Å²) in [7, 11) is 0. The van der Waals surface area contributed by atoms with Gasteiger partial charge in [-0.05, 0) is 128 Å². The topological polar surface area (TPSA) is 309 Å². The molecule has 5 aliphatic heterocycles. The van der Waals surface area contributed by atoms with Crippen molar-refractivity contribution in [2.24, 2.45) is 0 Å². The van der Waals surface area contributed by atoms with E-state index in [9.17, 15) is 52.3 Å². The zero-order chi connectivity index (χ0) is 55.1. The van der Waals surface area contributed by atoms with Crippen LogP contribution in [-0.2, 0) is 95.0 Å². The predicted octanol–water partition coefficient (Wildman–Crippen LogP) is 7.15. The van der Waals surface area contributed by atoms with Crippen LogP contribution in [0.4, 0.5) is 28.4 Å². The molecule has 10 aliphatic rings. The Hall–Kier alpha value is -6.08. The van der Waals surface area contributed by atoms with Crippen LogP contribution < -0.4 is 0 Å². The number of carbonyl (C=O) groups is 10. The fraction of sp³-hybridized carbons (Fsp3) is 0.800. The van der Waals surface area contributed by atoms with Gasteiger partial charge < -0.3 is 71.1 Å². The number of alkyl halides is 2. The van der Waals surface area contributed by atoms with E-state index in [1.54, 1.807) is 0 Å². The van der Waals surface area contributed by atoms with Crippen LogP contribution in [0.25, 0.3) is 0 Å². The molecule has 0 bridgehead atoms. The van der Waals surface area contributed by atoms with E-state index in [-0.39, 0.29) is 68.9 Å². The summed E-state index contributed by atoms with van der Waals surface area (Å²) in [6.07, 6.45) is 11.1. The Morgan fingerprint density at radius 2 is 0.532 bits per heavy atom. The number of ether oxygens (including phenoxy) is 15. The fourth-order valence-corrected chi connectivity index (χ4v) is 9.50. The van der Waals surface area contributed by atoms with E-state index in [4.69, 9.17) is 35.3 Å². The SMILES string of the molecule is O=C1OCC(C(=O)OC2CCC(Cl)CC2)O1.O=C1OCC(C(=O)OC2CCC(F)CC2)O1.O=C1OCC(C(=O)OC2CCCC2)O1.O=C1OCC(C(=O)OC2CCCCC2)O1.O=C1OCC(C(=O)OC2CCCCCC2)O1. The lowest BCUT2D eigenvalue weighted by Crippen LogP contribution is -2.32. The summed E-state index contributed by atoms with van der Waals surface area (Å²) < 4.78 is 84.4. The minimum atomic E-state index is -0.962. The molecule has 0 aromatic heterocycles. The van der Waals surface area contributed by atoms with Crippen LogP contribution in [0, 0.1) is 0 Å². The lowest BCUT2D eigenvalue weighted by molar-refractivity contribution is -0.160. The maximum atomic E-state index is 12.8. The van der Waals surface area contributed by atoms with E-state index in [1.807, 2.05) is 0 Å². The molecule has 0 amide bonds. The summed E-state index contributed by atoms with van der Waals surface area (Å²) in [5.74, 6) is -2.56. The first-order valence-electron chi connectivity index (χ1n) is 26.5. The average molecular weight is 1120 g/mol. The highest BCUT2D eigenvalue weighted by Gasteiger charge is 2.39. The third-order valence-corrected chi connectivity index (χ3v) is 14.0. The van der Waals surface area contributed by atoms with Crippen LogP contribution in [0.15, 0.2) is 0 Å². The zero-order valence-electron chi connectivity index (χ0n) is 42.7. The molecule has 0 aromatic carbocycles. The van der Waals surface area contributed by atoms with E-state index in [0.717, 1.165) is 103 Å². The van der Waals surface area contributed by atoms with Gasteiger partial charge >= 0.3 is 60.6 Å². The fourth-order valence-electron chi connectivity index (χ4n) is 9.25. The number of hydrogen-bond donors (Lipinski definition) is 0. The monoisotopic (exact) mass is 1120 g/mol. The van der Waals surface area contributed by atoms with Crippen LogP contribution in [-0.4, -0.2) is 166 Å². The van der Waals surface area contributed by atoms with Gasteiger partial charge in [0, 0.05) is 5.38 Å². The van der Waals surface area contributed by atoms with Crippen molar-refractivity contribution in [3.05, 3.63) is 0 Å². The van der Waals surface area contributed by atoms with Gasteiger partial charge in [0.2, 0.25) is 30.5 Å². The number of halogens is 2. The Balaban J connectivity index is 0.000000156. The van der Waals surface area contributed by atoms with Crippen LogP contribution in [0.3, 0.4) is 0 Å². The summed E-state index contributed by atoms with van der Waals surface area (Å²) in [6.45, 7) is -0.224. The van der Waals surface area contributed by atoms with Crippen molar-refractivity contribution in [3.8, 4) is 0 Å². The quantitative estimate of drug-likeness (QED) is 0.0906. The second kappa shape index (κ2) is 31.4. The number of cyclic esters (lactones) is 10. The summed E-state index contributed by atoms with van der Waals surface area (Å²) in [4.78, 5) is 110. The molecule has 5 saturated carbocycles. The van der Waals surface area contributed by atoms with Gasteiger partial charge in [-0.2, -0.15) is 0 Å². The molecule has 5 aliphatic carbocycles. The molecular formula is C50H68ClFO25. The molecule has 25 nitrogen and oxygen atoms in total. The molecule has 0 radical (unpaired) electrons. The smallest absolute Gasteiger partial charge is 0.460 e. The van der Waals surface area contributed by atoms with E-state index in [2.05, 4.69) is 47.4 Å². The molecule has 5 unspecified atom stereocenters. The maximum Gasteiger partial charge on any atom is 0.509 e. The van der Waals surface area contributed by atoms with Gasteiger partial charge in [-0.15, -0.1) is 11.6 Å². The summed E-state index contributed by atoms with van der Waals surface area (Å²) in [6, 6.07) is 0. The van der Waals surface area contributed by atoms with Crippen molar-refractivity contribution in [3.63, 3.8) is 0 Å². The van der Waals surface area contributed by atoms with Crippen molar-refractivity contribution in [2.75, 3.05) is 33.0 Å². The third kappa shape index (κ3) is 21.3. The van der Waals surface area contributed by atoms with Crippen molar-refractivity contribution < 1.29 is 123 Å². The predicted molar refractivity (Wildman–Crippen MR) is 251 cm³/mol. The van der Waals surface area contributed by atoms with Crippen LogP contribution in [0.1, 0.15) is 148 Å². The molecule has 5 atom stereocenters. The number of carbonyl (C=O) groups excluding carboxylic acids is 10. The Labute approximate surface area is 447 Å². The lowest BCUT2D eigenvalue weighted by Gasteiger charge is -2.25. The van der Waals surface area contributed by atoms with Crippen LogP contribution in [0.2, 0.25) is 0 Å². The standard InChI is InChI=1S/C11H16O5.C10H13ClO5.C10H13FO5.C10H14O5.C9H12O5/c12-10(9-7-14-11(13)16-9)15-8-5-3-1-2-4-6-8;2*11-6-1-3-7(4-2-6)15-9(12)8-5-14-10(13)16-8;11-9(8-6-13-10(12)15-8)14-7-4-2-1-3-5-7;10-8(7-5-12-9(11)14-7)13-6-3-1-2-4-6/h8-9H,1-7H2;2*6-8H,1-5H2;7-8H,1-6H2;6-7H,1-5H2. The van der Waals surface area contributed by atoms with E-state index < -0.39 is 97.3 Å². The molecule has 77 heavy (non-hydrogen) atoms. The van der Waals surface area contributed by atoms with Crippen molar-refractivity contribution in [1.29, 1.82) is 0 Å². The largest absolute Gasteiger partial charge is 0.509 e. The van der Waals surface area contributed by atoms with Gasteiger partial charge in [-0.1, -0.05) is 19.3 Å². The van der Waals surface area contributed by atoms with Gasteiger partial charge in [0.25, 0.3) is 0 Å². The van der Waals surface area contributed by atoms with Crippen LogP contribution >= 0.6 is 11.6 Å². The minimum Gasteiger partial charge on any atom is -0.460 e. The first-order chi connectivity index (χ1) is 37.1. The van der Waals surface area contributed by atoms with Gasteiger partial charge in [0.15, 0.2) is 0 Å². The summed E-state index contributed by atoms with van der Waals surface area (Å²) in [5.41, 5.74) is 0. The molecule has 0 N–H and O–H groups in total. The van der Waals surface area contributed by atoms with Crippen LogP contribution in [0.5, 0.6) is 0 Å². The van der Waals surface area contributed by atoms with Crippen molar-refractivity contribution in [1.82, 2.24) is 0 Å². The van der Waals surface area contributed by atoms with Crippen molar-refractivity contribution >= 4 is 72.2 Å². The zero-order valence-corrected chi connectivity index (χ0v) is 43.4. The number of esters is 5. The van der Waals surface area contributed by atoms with E-state index in [0.29, 0.717) is 25.7 Å². The molecule has 27 heteroatoms. The lowest BCUT2D eigenvalue weighted by atomic mass is 9.96. The second-order valence-corrected chi connectivity index (χ2v) is 20.2. The second-order valence-electron chi connectivity index (χ2n) is 19.5. The highest BCUT2D eigenvalue weighted by Crippen LogP contribution is 2.28. The maximum absolute atomic E-state index is 12.8. The minimum absolute atomic E-state index is 0.00167. The number of rotatable bonds is 10. The highest BCUT2D eigenvalue weighted by molar-refractivity contribution is 6.20. The molecule has 5 heterocycles. The molecule has 10 rings (SSSR count). The normalized spacial score (nSPS) is 29.9. The van der Waals surface area contributed by atoms with Crippen molar-refractivity contribution in [2.45, 2.75) is 220 Å². The summed E-state index contributed by atoms with van der Waals surface area (Å²) in [5, 5.41) is 0.183.